The molecule has 0 heterocycles. The Kier molecular flexibility index (Phi) is 5.16. The smallest absolute Gasteiger partial charge is 0.306 e. The number of carbonyl (C=O) groups is 2. The first-order valence-electron chi connectivity index (χ1n) is 6.19. The Hall–Kier alpha value is -2.62. The first-order chi connectivity index (χ1) is 10.9. The van der Waals surface area contributed by atoms with Crippen molar-refractivity contribution in [3.8, 4) is 6.07 Å². The molecular weight excluding hydrogens is 344 g/mol. The van der Waals surface area contributed by atoms with Crippen LogP contribution in [0.3, 0.4) is 0 Å². The molecule has 0 fully saturated rings. The maximum atomic E-state index is 13.5. The van der Waals surface area contributed by atoms with Gasteiger partial charge in [-0.25, -0.2) is 9.18 Å². The van der Waals surface area contributed by atoms with Crippen LogP contribution in [0.4, 0.5) is 14.9 Å². The van der Waals surface area contributed by atoms with Crippen LogP contribution in [0.2, 0.25) is 10.0 Å². The zero-order chi connectivity index (χ0) is 17.0. The minimum Gasteiger partial charge on any atom is -0.306 e. The van der Waals surface area contributed by atoms with Gasteiger partial charge < -0.3 is 5.32 Å². The highest BCUT2D eigenvalue weighted by Gasteiger charge is 2.16. The quantitative estimate of drug-likeness (QED) is 0.858. The summed E-state index contributed by atoms with van der Waals surface area (Å²) in [6.45, 7) is 0. The van der Waals surface area contributed by atoms with Crippen LogP contribution in [-0.4, -0.2) is 11.9 Å². The Bertz CT molecular complexity index is 834. The summed E-state index contributed by atoms with van der Waals surface area (Å²) in [5.74, 6) is -1.66. The minimum absolute atomic E-state index is 0.0209. The second-order valence-corrected chi connectivity index (χ2v) is 5.04. The molecule has 0 aliphatic carbocycles. The lowest BCUT2D eigenvalue weighted by Gasteiger charge is -2.10. The zero-order valence-electron chi connectivity index (χ0n) is 11.4. The zero-order valence-corrected chi connectivity index (χ0v) is 12.9. The number of anilines is 1. The SMILES string of the molecule is N#Cc1ccc(NC(=O)NC(=O)c2ccccc2F)c(Cl)c1Cl. The topological polar surface area (TPSA) is 82.0 Å². The minimum atomic E-state index is -0.916. The van der Waals surface area contributed by atoms with Gasteiger partial charge in [-0.15, -0.1) is 0 Å². The van der Waals surface area contributed by atoms with Crippen molar-refractivity contribution in [2.75, 3.05) is 5.32 Å². The second-order valence-electron chi connectivity index (χ2n) is 4.29. The highest BCUT2D eigenvalue weighted by molar-refractivity contribution is 6.44. The number of carbonyl (C=O) groups excluding carboxylic acids is 2. The normalized spacial score (nSPS) is 9.83. The molecule has 0 unspecified atom stereocenters. The Morgan fingerprint density at radius 1 is 1.09 bits per heavy atom. The van der Waals surface area contributed by atoms with Crippen molar-refractivity contribution in [3.05, 3.63) is 63.4 Å². The number of halogens is 3. The third-order valence-corrected chi connectivity index (χ3v) is 3.68. The van der Waals surface area contributed by atoms with Crippen molar-refractivity contribution in [1.82, 2.24) is 5.32 Å². The predicted molar refractivity (Wildman–Crippen MR) is 84.1 cm³/mol. The second kappa shape index (κ2) is 7.09. The van der Waals surface area contributed by atoms with Crippen LogP contribution < -0.4 is 10.6 Å². The molecule has 0 aromatic heterocycles. The fourth-order valence-corrected chi connectivity index (χ4v) is 2.12. The number of nitrogens with zero attached hydrogens (tertiary/aromatic N) is 1. The molecule has 5 nitrogen and oxygen atoms in total. The van der Waals surface area contributed by atoms with E-state index in [0.717, 1.165) is 6.07 Å². The standard InChI is InChI=1S/C15H8Cl2FN3O2/c16-12-8(7-19)5-6-11(13(12)17)20-15(23)21-14(22)9-3-1-2-4-10(9)18/h1-6H,(H2,20,21,22,23). The summed E-state index contributed by atoms with van der Waals surface area (Å²) in [7, 11) is 0. The fraction of sp³-hybridized carbons (Fsp3) is 0. The van der Waals surface area contributed by atoms with Crippen LogP contribution in [0.25, 0.3) is 0 Å². The molecule has 2 N–H and O–H groups in total. The number of hydrogen-bond acceptors (Lipinski definition) is 3. The summed E-state index contributed by atoms with van der Waals surface area (Å²) >= 11 is 11.8. The third-order valence-electron chi connectivity index (χ3n) is 2.80. The number of urea groups is 1. The van der Waals surface area contributed by atoms with E-state index in [1.54, 1.807) is 0 Å². The van der Waals surface area contributed by atoms with Crippen LogP contribution in [0, 0.1) is 17.1 Å². The van der Waals surface area contributed by atoms with E-state index in [1.807, 2.05) is 11.4 Å². The third kappa shape index (κ3) is 3.77. The summed E-state index contributed by atoms with van der Waals surface area (Å²) in [5.41, 5.74) is -0.0221. The number of amides is 3. The van der Waals surface area contributed by atoms with Gasteiger partial charge in [0.15, 0.2) is 0 Å². The maximum absolute atomic E-state index is 13.5. The van der Waals surface area contributed by atoms with E-state index >= 15 is 0 Å². The van der Waals surface area contributed by atoms with Gasteiger partial charge in [-0.1, -0.05) is 35.3 Å². The molecule has 2 aromatic carbocycles. The lowest BCUT2D eigenvalue weighted by atomic mass is 10.2. The van der Waals surface area contributed by atoms with E-state index in [1.165, 1.54) is 30.3 Å². The van der Waals surface area contributed by atoms with Crippen molar-refractivity contribution in [3.63, 3.8) is 0 Å². The summed E-state index contributed by atoms with van der Waals surface area (Å²) < 4.78 is 13.5. The van der Waals surface area contributed by atoms with Gasteiger partial charge in [-0.2, -0.15) is 5.26 Å². The molecule has 0 saturated heterocycles. The Morgan fingerprint density at radius 3 is 2.43 bits per heavy atom. The lowest BCUT2D eigenvalue weighted by molar-refractivity contribution is 0.0963. The summed E-state index contributed by atoms with van der Waals surface area (Å²) in [4.78, 5) is 23.6. The summed E-state index contributed by atoms with van der Waals surface area (Å²) in [6, 6.07) is 8.87. The predicted octanol–water partition coefficient (Wildman–Crippen LogP) is 3.97. The van der Waals surface area contributed by atoms with Gasteiger partial charge in [0.1, 0.15) is 11.9 Å². The van der Waals surface area contributed by atoms with Gasteiger partial charge in [0, 0.05) is 0 Å². The molecule has 0 radical (unpaired) electrons. The molecule has 0 aliphatic rings. The van der Waals surface area contributed by atoms with Crippen molar-refractivity contribution in [1.29, 1.82) is 5.26 Å². The van der Waals surface area contributed by atoms with E-state index in [0.29, 0.717) is 0 Å². The average Bonchev–Trinajstić information content (AvgIpc) is 2.52. The molecule has 3 amide bonds. The van der Waals surface area contributed by atoms with E-state index in [2.05, 4.69) is 5.32 Å². The maximum Gasteiger partial charge on any atom is 0.326 e. The Labute approximate surface area is 140 Å². The lowest BCUT2D eigenvalue weighted by Crippen LogP contribution is -2.34. The van der Waals surface area contributed by atoms with Crippen molar-refractivity contribution in [2.45, 2.75) is 0 Å². The van der Waals surface area contributed by atoms with E-state index in [9.17, 15) is 14.0 Å². The highest BCUT2D eigenvalue weighted by atomic mass is 35.5. The van der Waals surface area contributed by atoms with Gasteiger partial charge >= 0.3 is 6.03 Å². The van der Waals surface area contributed by atoms with Crippen LogP contribution in [0.15, 0.2) is 36.4 Å². The largest absolute Gasteiger partial charge is 0.326 e. The first kappa shape index (κ1) is 16.7. The molecule has 0 atom stereocenters. The monoisotopic (exact) mass is 351 g/mol. The number of rotatable bonds is 2. The molecule has 0 aliphatic heterocycles. The average molecular weight is 352 g/mol. The molecule has 0 saturated carbocycles. The van der Waals surface area contributed by atoms with Crippen LogP contribution in [0.5, 0.6) is 0 Å². The van der Waals surface area contributed by atoms with Gasteiger partial charge in [0.05, 0.1) is 26.9 Å². The molecule has 116 valence electrons. The molecule has 0 spiro atoms. The summed E-state index contributed by atoms with van der Waals surface area (Å²) in [6.07, 6.45) is 0. The highest BCUT2D eigenvalue weighted by Crippen LogP contribution is 2.32. The van der Waals surface area contributed by atoms with Gasteiger partial charge in [-0.3, -0.25) is 10.1 Å². The Morgan fingerprint density at radius 2 is 1.78 bits per heavy atom. The van der Waals surface area contributed by atoms with Gasteiger partial charge in [0.25, 0.3) is 5.91 Å². The number of nitrogens with one attached hydrogen (secondary N) is 2. The van der Waals surface area contributed by atoms with Crippen LogP contribution in [0.1, 0.15) is 15.9 Å². The van der Waals surface area contributed by atoms with Gasteiger partial charge in [-0.05, 0) is 24.3 Å². The van der Waals surface area contributed by atoms with E-state index in [4.69, 9.17) is 28.5 Å². The fourth-order valence-electron chi connectivity index (χ4n) is 1.70. The summed E-state index contributed by atoms with van der Waals surface area (Å²) in [5, 5.41) is 13.0. The van der Waals surface area contributed by atoms with Crippen LogP contribution >= 0.6 is 23.2 Å². The number of hydrogen-bond donors (Lipinski definition) is 2. The van der Waals surface area contributed by atoms with Gasteiger partial charge in [0.2, 0.25) is 0 Å². The Balaban J connectivity index is 2.12. The molecule has 0 bridgehead atoms. The first-order valence-corrected chi connectivity index (χ1v) is 6.94. The number of nitriles is 1. The molecular formula is C15H8Cl2FN3O2. The van der Waals surface area contributed by atoms with Crippen molar-refractivity contribution in [2.24, 2.45) is 0 Å². The van der Waals surface area contributed by atoms with E-state index < -0.39 is 17.8 Å². The van der Waals surface area contributed by atoms with Crippen molar-refractivity contribution >= 4 is 40.8 Å². The molecule has 23 heavy (non-hydrogen) atoms. The van der Waals surface area contributed by atoms with Crippen LogP contribution in [-0.2, 0) is 0 Å². The number of imide groups is 1. The molecule has 8 heteroatoms. The van der Waals surface area contributed by atoms with E-state index in [-0.39, 0.29) is 26.9 Å². The molecule has 2 aromatic rings. The van der Waals surface area contributed by atoms with Crippen molar-refractivity contribution < 1.29 is 14.0 Å². The molecule has 2 rings (SSSR count). The number of benzene rings is 2.